The van der Waals surface area contributed by atoms with Gasteiger partial charge in [0.1, 0.15) is 0 Å². The quantitative estimate of drug-likeness (QED) is 0.347. The van der Waals surface area contributed by atoms with Crippen LogP contribution in [0.5, 0.6) is 11.5 Å². The second-order valence-electron chi connectivity index (χ2n) is 8.51. The van der Waals surface area contributed by atoms with Gasteiger partial charge in [-0.05, 0) is 81.4 Å². The number of rotatable bonds is 8. The molecule has 9 heteroatoms. The Labute approximate surface area is 221 Å². The van der Waals surface area contributed by atoms with Crippen LogP contribution in [0, 0.1) is 0 Å². The Kier molecular flexibility index (Phi) is 7.10. The van der Waals surface area contributed by atoms with Crippen molar-refractivity contribution in [1.82, 2.24) is 0 Å². The van der Waals surface area contributed by atoms with Gasteiger partial charge < -0.3 is 19.1 Å². The molecule has 0 N–H and O–H groups in total. The number of esters is 1. The fourth-order valence-corrected chi connectivity index (χ4v) is 4.72. The second-order valence-corrected chi connectivity index (χ2v) is 8.95. The van der Waals surface area contributed by atoms with Gasteiger partial charge in [-0.15, -0.1) is 5.10 Å². The van der Waals surface area contributed by atoms with Gasteiger partial charge in [0.15, 0.2) is 17.7 Å². The molecule has 0 aliphatic carbocycles. The normalized spacial score (nSPS) is 16.1. The van der Waals surface area contributed by atoms with E-state index in [1.165, 1.54) is 0 Å². The topological polar surface area (TPSA) is 66.8 Å². The number of anilines is 3. The zero-order chi connectivity index (χ0) is 25.9. The van der Waals surface area contributed by atoms with E-state index in [2.05, 4.69) is 30.9 Å². The van der Waals surface area contributed by atoms with Gasteiger partial charge in [0.05, 0.1) is 12.3 Å². The summed E-state index contributed by atoms with van der Waals surface area (Å²) in [5.41, 5.74) is 3.56. The van der Waals surface area contributed by atoms with E-state index < -0.39 is 12.1 Å². The Hall–Kier alpha value is -3.91. The summed E-state index contributed by atoms with van der Waals surface area (Å²) in [6.45, 7) is 8.25. The number of hydrogen-bond donors (Lipinski definition) is 0. The molecule has 2 heterocycles. The molecule has 2 aliphatic heterocycles. The van der Waals surface area contributed by atoms with Crippen molar-refractivity contribution in [3.63, 3.8) is 0 Å². The average Bonchev–Trinajstić information content (AvgIpc) is 3.55. The molecule has 192 valence electrons. The second kappa shape index (κ2) is 10.6. The van der Waals surface area contributed by atoms with E-state index in [0.717, 1.165) is 35.7 Å². The van der Waals surface area contributed by atoms with Gasteiger partial charge in [0, 0.05) is 35.1 Å². The fraction of sp³-hybridized carbons (Fsp3) is 0.286. The predicted octanol–water partition coefficient (Wildman–Crippen LogP) is 5.82. The fourth-order valence-electron chi connectivity index (χ4n) is 4.60. The summed E-state index contributed by atoms with van der Waals surface area (Å²) in [5.74, 6) is 1.02. The minimum absolute atomic E-state index is 0.172. The lowest BCUT2D eigenvalue weighted by Gasteiger charge is -2.32. The Bertz CT molecular complexity index is 1290. The number of benzene rings is 3. The van der Waals surface area contributed by atoms with Crippen molar-refractivity contribution in [2.45, 2.75) is 26.9 Å². The van der Waals surface area contributed by atoms with Gasteiger partial charge in [0.2, 0.25) is 12.6 Å². The highest BCUT2D eigenvalue weighted by atomic mass is 35.5. The zero-order valence-corrected chi connectivity index (χ0v) is 21.8. The van der Waals surface area contributed by atoms with Gasteiger partial charge in [-0.1, -0.05) is 17.7 Å². The largest absolute Gasteiger partial charge is 0.460 e. The molecule has 3 aromatic rings. The smallest absolute Gasteiger partial charge is 0.376 e. The number of fused-ring (bicyclic) bond motifs is 1. The van der Waals surface area contributed by atoms with Crippen molar-refractivity contribution in [2.75, 3.05) is 41.3 Å². The highest BCUT2D eigenvalue weighted by Crippen LogP contribution is 2.43. The Morgan fingerprint density at radius 3 is 2.32 bits per heavy atom. The SMILES string of the molecule is CCOC(=O)C1=NN(c2ccc(Cl)cc2)[C@@H](c2ccc3c(c2)OCO3)N1c1ccc(N(CC)CC)cc1. The number of ether oxygens (including phenoxy) is 3. The van der Waals surface area contributed by atoms with E-state index in [0.29, 0.717) is 16.5 Å². The van der Waals surface area contributed by atoms with E-state index in [1.54, 1.807) is 24.1 Å². The van der Waals surface area contributed by atoms with Gasteiger partial charge in [-0.2, -0.15) is 0 Å². The summed E-state index contributed by atoms with van der Waals surface area (Å²) >= 11 is 6.17. The van der Waals surface area contributed by atoms with E-state index >= 15 is 0 Å². The van der Waals surface area contributed by atoms with Crippen LogP contribution in [0.25, 0.3) is 0 Å². The molecule has 0 bridgehead atoms. The highest BCUT2D eigenvalue weighted by Gasteiger charge is 2.41. The zero-order valence-electron chi connectivity index (χ0n) is 21.1. The van der Waals surface area contributed by atoms with Gasteiger partial charge >= 0.3 is 5.97 Å². The van der Waals surface area contributed by atoms with E-state index in [4.69, 9.17) is 30.9 Å². The molecule has 3 aromatic carbocycles. The Balaban J connectivity index is 1.64. The lowest BCUT2D eigenvalue weighted by atomic mass is 10.1. The number of carbonyl (C=O) groups excluding carboxylic acids is 1. The average molecular weight is 521 g/mol. The maximum absolute atomic E-state index is 13.2. The van der Waals surface area contributed by atoms with Crippen molar-refractivity contribution in [3.8, 4) is 11.5 Å². The molecule has 0 radical (unpaired) electrons. The first-order valence-electron chi connectivity index (χ1n) is 12.4. The molecule has 2 aliphatic rings. The van der Waals surface area contributed by atoms with Crippen LogP contribution >= 0.6 is 11.6 Å². The van der Waals surface area contributed by atoms with Crippen molar-refractivity contribution >= 4 is 40.5 Å². The molecule has 8 nitrogen and oxygen atoms in total. The maximum Gasteiger partial charge on any atom is 0.376 e. The molecule has 0 aromatic heterocycles. The van der Waals surface area contributed by atoms with Gasteiger partial charge in [0.25, 0.3) is 0 Å². The van der Waals surface area contributed by atoms with E-state index in [1.807, 2.05) is 47.4 Å². The number of halogens is 1. The lowest BCUT2D eigenvalue weighted by molar-refractivity contribution is -0.135. The third kappa shape index (κ3) is 4.76. The molecule has 0 amide bonds. The summed E-state index contributed by atoms with van der Waals surface area (Å²) in [6, 6.07) is 21.3. The van der Waals surface area contributed by atoms with Crippen molar-refractivity contribution in [3.05, 3.63) is 77.3 Å². The number of hydrazone groups is 1. The molecule has 0 spiro atoms. The summed E-state index contributed by atoms with van der Waals surface area (Å²) in [6.07, 6.45) is -0.491. The van der Waals surface area contributed by atoms with Crippen LogP contribution in [-0.2, 0) is 9.53 Å². The number of amidine groups is 1. The van der Waals surface area contributed by atoms with Crippen molar-refractivity contribution in [2.24, 2.45) is 5.10 Å². The van der Waals surface area contributed by atoms with Crippen LogP contribution in [0.2, 0.25) is 5.02 Å². The minimum Gasteiger partial charge on any atom is -0.460 e. The molecule has 0 fully saturated rings. The van der Waals surface area contributed by atoms with E-state index in [-0.39, 0.29) is 19.2 Å². The first kappa shape index (κ1) is 24.8. The minimum atomic E-state index is -0.502. The third-order valence-corrected chi connectivity index (χ3v) is 6.66. The van der Waals surface area contributed by atoms with Crippen LogP contribution < -0.4 is 24.3 Å². The number of nitrogens with zero attached hydrogens (tertiary/aromatic N) is 4. The highest BCUT2D eigenvalue weighted by molar-refractivity contribution is 6.42. The number of hydrogen-bond acceptors (Lipinski definition) is 8. The summed E-state index contributed by atoms with van der Waals surface area (Å²) in [7, 11) is 0. The first-order chi connectivity index (χ1) is 18.0. The summed E-state index contributed by atoms with van der Waals surface area (Å²) in [4.78, 5) is 17.4. The first-order valence-corrected chi connectivity index (χ1v) is 12.8. The maximum atomic E-state index is 13.2. The molecule has 0 unspecified atom stereocenters. The van der Waals surface area contributed by atoms with Crippen LogP contribution in [0.4, 0.5) is 17.1 Å². The Morgan fingerprint density at radius 2 is 1.65 bits per heavy atom. The van der Waals surface area contributed by atoms with Crippen LogP contribution in [0.3, 0.4) is 0 Å². The molecule has 0 saturated carbocycles. The standard InChI is InChI=1S/C28H29ClN4O4/c1-4-31(5-2)21-12-14-22(15-13-21)32-26(28(34)35-6-3)30-33(23-10-8-20(29)9-11-23)27(32)19-7-16-24-25(17-19)37-18-36-24/h7-17,27H,4-6,18H2,1-3H3/t27-/m0/s1. The lowest BCUT2D eigenvalue weighted by Crippen LogP contribution is -2.39. The number of carbonyl (C=O) groups is 1. The van der Waals surface area contributed by atoms with Crippen molar-refractivity contribution in [1.29, 1.82) is 0 Å². The molecule has 5 rings (SSSR count). The third-order valence-electron chi connectivity index (χ3n) is 6.41. The van der Waals surface area contributed by atoms with Crippen LogP contribution in [-0.4, -0.2) is 38.3 Å². The molecule has 1 atom stereocenters. The molecule has 0 saturated heterocycles. The molecular weight excluding hydrogens is 492 g/mol. The van der Waals surface area contributed by atoms with Crippen LogP contribution in [0.15, 0.2) is 71.8 Å². The summed E-state index contributed by atoms with van der Waals surface area (Å²) in [5, 5.41) is 7.20. The van der Waals surface area contributed by atoms with E-state index in [9.17, 15) is 4.79 Å². The molecule has 37 heavy (non-hydrogen) atoms. The summed E-state index contributed by atoms with van der Waals surface area (Å²) < 4.78 is 16.6. The Morgan fingerprint density at radius 1 is 0.973 bits per heavy atom. The van der Waals surface area contributed by atoms with Crippen LogP contribution in [0.1, 0.15) is 32.5 Å². The predicted molar refractivity (Wildman–Crippen MR) is 146 cm³/mol. The monoisotopic (exact) mass is 520 g/mol. The van der Waals surface area contributed by atoms with Gasteiger partial charge in [-0.3, -0.25) is 4.90 Å². The van der Waals surface area contributed by atoms with Gasteiger partial charge in [-0.25, -0.2) is 9.80 Å². The molecular formula is C28H29ClN4O4. The van der Waals surface area contributed by atoms with Crippen molar-refractivity contribution < 1.29 is 19.0 Å².